The minimum absolute atomic E-state index is 0.554. The van der Waals surface area contributed by atoms with Crippen molar-refractivity contribution in [1.29, 1.82) is 0 Å². The summed E-state index contributed by atoms with van der Waals surface area (Å²) in [6.07, 6.45) is 7.72. The second kappa shape index (κ2) is 10.6. The standard InChI is InChI=1S/C32H46N2Si/c1-23(2)35(24(3)4,31-21-25(17-19-33(5)6)27-13-9-11-15-29(27)31)32-22-26(18-20-34(7)8)28-14-10-12-16-30(28)32/h9-16,21-24,31-32H,17-20H2,1-8H3/t31-,32-/m0/s1. The van der Waals surface area contributed by atoms with Gasteiger partial charge in [0.05, 0.1) is 8.07 Å². The lowest BCUT2D eigenvalue weighted by atomic mass is 10.0. The first kappa shape index (κ1) is 26.1. The molecule has 0 heterocycles. The van der Waals surface area contributed by atoms with E-state index in [1.165, 1.54) is 11.1 Å². The molecule has 0 radical (unpaired) electrons. The van der Waals surface area contributed by atoms with Crippen LogP contribution in [0.1, 0.15) is 73.9 Å². The van der Waals surface area contributed by atoms with Crippen molar-refractivity contribution in [2.45, 2.75) is 62.7 Å². The zero-order valence-electron chi connectivity index (χ0n) is 23.3. The molecule has 35 heavy (non-hydrogen) atoms. The lowest BCUT2D eigenvalue weighted by Crippen LogP contribution is -2.52. The maximum absolute atomic E-state index is 2.73. The van der Waals surface area contributed by atoms with Crippen LogP contribution >= 0.6 is 0 Å². The fraction of sp³-hybridized carbons (Fsp3) is 0.500. The summed E-state index contributed by atoms with van der Waals surface area (Å²) in [5.74, 6) is 0. The summed E-state index contributed by atoms with van der Waals surface area (Å²) in [5, 5.41) is 0. The van der Waals surface area contributed by atoms with E-state index in [9.17, 15) is 0 Å². The highest BCUT2D eigenvalue weighted by molar-refractivity contribution is 6.86. The summed E-state index contributed by atoms with van der Waals surface area (Å²) < 4.78 is 0. The second-order valence-electron chi connectivity index (χ2n) is 11.9. The fourth-order valence-electron chi connectivity index (χ4n) is 7.13. The second-order valence-corrected chi connectivity index (χ2v) is 17.5. The molecule has 4 rings (SSSR count). The van der Waals surface area contributed by atoms with Crippen molar-refractivity contribution in [3.05, 3.63) is 82.9 Å². The van der Waals surface area contributed by atoms with Crippen molar-refractivity contribution in [2.75, 3.05) is 41.3 Å². The molecular weight excluding hydrogens is 440 g/mol. The van der Waals surface area contributed by atoms with E-state index in [-0.39, 0.29) is 0 Å². The van der Waals surface area contributed by atoms with Crippen LogP contribution in [0.15, 0.2) is 60.7 Å². The molecule has 0 unspecified atom stereocenters. The quantitative estimate of drug-likeness (QED) is 0.319. The van der Waals surface area contributed by atoms with Crippen molar-refractivity contribution < 1.29 is 0 Å². The van der Waals surface area contributed by atoms with Crippen LogP contribution in [0.5, 0.6) is 0 Å². The Balaban J connectivity index is 1.88. The molecule has 0 bridgehead atoms. The van der Waals surface area contributed by atoms with Gasteiger partial charge in [-0.15, -0.1) is 0 Å². The van der Waals surface area contributed by atoms with Crippen LogP contribution in [-0.4, -0.2) is 59.2 Å². The van der Waals surface area contributed by atoms with Crippen molar-refractivity contribution in [3.8, 4) is 0 Å². The molecule has 2 aromatic carbocycles. The maximum atomic E-state index is 2.73. The number of fused-ring (bicyclic) bond motifs is 2. The molecule has 0 fully saturated rings. The van der Waals surface area contributed by atoms with Gasteiger partial charge in [0.2, 0.25) is 0 Å². The Morgan fingerprint density at radius 1 is 0.629 bits per heavy atom. The molecule has 2 aliphatic carbocycles. The van der Waals surface area contributed by atoms with Crippen LogP contribution in [0.4, 0.5) is 0 Å². The summed E-state index contributed by atoms with van der Waals surface area (Å²) >= 11 is 0. The van der Waals surface area contributed by atoms with E-state index >= 15 is 0 Å². The molecule has 3 heteroatoms. The molecule has 0 aliphatic heterocycles. The van der Waals surface area contributed by atoms with Crippen molar-refractivity contribution in [3.63, 3.8) is 0 Å². The third kappa shape index (κ3) is 4.75. The summed E-state index contributed by atoms with van der Waals surface area (Å²) in [4.78, 5) is 4.64. The average Bonchev–Trinajstić information content (AvgIpc) is 3.36. The Morgan fingerprint density at radius 3 is 1.34 bits per heavy atom. The van der Waals surface area contributed by atoms with Crippen LogP contribution in [0.3, 0.4) is 0 Å². The number of hydrogen-bond acceptors (Lipinski definition) is 2. The molecule has 0 aromatic heterocycles. The Hall–Kier alpha value is -1.94. The van der Waals surface area contributed by atoms with E-state index in [4.69, 9.17) is 0 Å². The van der Waals surface area contributed by atoms with Gasteiger partial charge < -0.3 is 9.80 Å². The van der Waals surface area contributed by atoms with E-state index in [1.54, 1.807) is 22.3 Å². The van der Waals surface area contributed by atoms with E-state index in [2.05, 4.69) is 126 Å². The molecule has 0 saturated carbocycles. The third-order valence-corrected chi connectivity index (χ3v) is 15.9. The topological polar surface area (TPSA) is 6.48 Å². The number of nitrogens with zero attached hydrogens (tertiary/aromatic N) is 2. The molecule has 2 aliphatic rings. The number of benzene rings is 2. The van der Waals surface area contributed by atoms with E-state index in [1.807, 2.05) is 0 Å². The smallest absolute Gasteiger partial charge is 0.0824 e. The first-order valence-electron chi connectivity index (χ1n) is 13.6. The Kier molecular flexibility index (Phi) is 7.90. The van der Waals surface area contributed by atoms with Crippen LogP contribution in [0.2, 0.25) is 11.1 Å². The highest BCUT2D eigenvalue weighted by Gasteiger charge is 2.54. The van der Waals surface area contributed by atoms with Crippen LogP contribution in [0.25, 0.3) is 11.1 Å². The molecule has 0 saturated heterocycles. The number of rotatable bonds is 10. The fourth-order valence-corrected chi connectivity index (χ4v) is 14.3. The van der Waals surface area contributed by atoms with Gasteiger partial charge >= 0.3 is 0 Å². The molecule has 2 atom stereocenters. The van der Waals surface area contributed by atoms with Gasteiger partial charge in [0.25, 0.3) is 0 Å². The predicted molar refractivity (Wildman–Crippen MR) is 157 cm³/mol. The summed E-state index contributed by atoms with van der Waals surface area (Å²) in [7, 11) is 6.80. The van der Waals surface area contributed by atoms with Crippen molar-refractivity contribution in [2.24, 2.45) is 0 Å². The maximum Gasteiger partial charge on any atom is 0.0824 e. The molecule has 0 amide bonds. The SMILES string of the molecule is CC(C)[Si](C(C)C)([C@H]1C=C(CCN(C)C)c2ccccc21)[C@H]1C=C(CCN(C)C)c2ccccc21. The van der Waals surface area contributed by atoms with Gasteiger partial charge in [0.1, 0.15) is 0 Å². The molecule has 188 valence electrons. The minimum atomic E-state index is -1.96. The van der Waals surface area contributed by atoms with Gasteiger partial charge in [0, 0.05) is 13.1 Å². The molecule has 0 spiro atoms. The summed E-state index contributed by atoms with van der Waals surface area (Å²) in [6, 6.07) is 18.7. The molecular formula is C32H46N2Si. The number of allylic oxidation sites excluding steroid dienone is 2. The van der Waals surface area contributed by atoms with Crippen molar-refractivity contribution >= 4 is 19.2 Å². The van der Waals surface area contributed by atoms with Gasteiger partial charge in [-0.1, -0.05) is 88.4 Å². The monoisotopic (exact) mass is 486 g/mol. The lowest BCUT2D eigenvalue weighted by molar-refractivity contribution is 0.419. The summed E-state index contributed by atoms with van der Waals surface area (Å²) in [6.45, 7) is 12.4. The van der Waals surface area contributed by atoms with Gasteiger partial charge in [-0.05, 0) is 96.6 Å². The number of hydrogen-bond donors (Lipinski definition) is 0. The normalized spacial score (nSPS) is 19.5. The highest BCUT2D eigenvalue weighted by atomic mass is 28.3. The third-order valence-electron chi connectivity index (χ3n) is 8.75. The first-order valence-corrected chi connectivity index (χ1v) is 15.9. The minimum Gasteiger partial charge on any atom is -0.309 e. The van der Waals surface area contributed by atoms with E-state index in [0.717, 1.165) is 25.9 Å². The molecule has 2 aromatic rings. The van der Waals surface area contributed by atoms with E-state index < -0.39 is 8.07 Å². The van der Waals surface area contributed by atoms with Crippen LogP contribution < -0.4 is 0 Å². The zero-order valence-corrected chi connectivity index (χ0v) is 24.3. The van der Waals surface area contributed by atoms with Gasteiger partial charge in [-0.25, -0.2) is 0 Å². The first-order chi connectivity index (χ1) is 16.7. The lowest BCUT2D eigenvalue weighted by Gasteiger charge is -2.48. The average molecular weight is 487 g/mol. The highest BCUT2D eigenvalue weighted by Crippen LogP contribution is 2.59. The Labute approximate surface area is 215 Å². The van der Waals surface area contributed by atoms with Crippen LogP contribution in [-0.2, 0) is 0 Å². The molecule has 2 nitrogen and oxygen atoms in total. The molecule has 0 N–H and O–H groups in total. The van der Waals surface area contributed by atoms with Crippen LogP contribution in [0, 0.1) is 0 Å². The predicted octanol–water partition coefficient (Wildman–Crippen LogP) is 7.60. The van der Waals surface area contributed by atoms with Gasteiger partial charge in [-0.3, -0.25) is 0 Å². The van der Waals surface area contributed by atoms with E-state index in [0.29, 0.717) is 22.2 Å². The zero-order chi connectivity index (χ0) is 25.3. The van der Waals surface area contributed by atoms with Crippen molar-refractivity contribution in [1.82, 2.24) is 9.80 Å². The summed E-state index contributed by atoms with van der Waals surface area (Å²) in [5.41, 5.74) is 11.8. The van der Waals surface area contributed by atoms with Gasteiger partial charge in [0.15, 0.2) is 0 Å². The Bertz CT molecular complexity index is 1000. The Morgan fingerprint density at radius 2 is 1.00 bits per heavy atom. The largest absolute Gasteiger partial charge is 0.309 e. The van der Waals surface area contributed by atoms with Gasteiger partial charge in [-0.2, -0.15) is 0 Å².